The minimum atomic E-state index is 0.0272. The minimum absolute atomic E-state index is 0.0272. The molecule has 3 heteroatoms. The van der Waals surface area contributed by atoms with Crippen molar-refractivity contribution in [3.05, 3.63) is 94.8 Å². The summed E-state index contributed by atoms with van der Waals surface area (Å²) in [7, 11) is 0. The van der Waals surface area contributed by atoms with Crippen LogP contribution in [0.2, 0.25) is 5.02 Å². The summed E-state index contributed by atoms with van der Waals surface area (Å²) in [6.07, 6.45) is 2.31. The predicted molar refractivity (Wildman–Crippen MR) is 89.5 cm³/mol. The van der Waals surface area contributed by atoms with Crippen LogP contribution in [0.5, 0.6) is 0 Å². The van der Waals surface area contributed by atoms with Crippen molar-refractivity contribution in [2.75, 3.05) is 0 Å². The van der Waals surface area contributed by atoms with Crippen LogP contribution in [0.3, 0.4) is 0 Å². The number of benzene rings is 2. The Bertz CT molecular complexity index is 733. The zero-order valence-electron chi connectivity index (χ0n) is 12.0. The van der Waals surface area contributed by atoms with E-state index in [1.807, 2.05) is 36.5 Å². The van der Waals surface area contributed by atoms with E-state index in [9.17, 15) is 4.79 Å². The van der Waals surface area contributed by atoms with Gasteiger partial charge in [0.25, 0.3) is 0 Å². The van der Waals surface area contributed by atoms with Gasteiger partial charge in [0.05, 0.1) is 0 Å². The van der Waals surface area contributed by atoms with E-state index in [1.165, 1.54) is 0 Å². The molecule has 0 amide bonds. The Morgan fingerprint density at radius 3 is 2.32 bits per heavy atom. The fourth-order valence-electron chi connectivity index (χ4n) is 2.59. The van der Waals surface area contributed by atoms with Crippen molar-refractivity contribution >= 4 is 17.4 Å². The fourth-order valence-corrected chi connectivity index (χ4v) is 2.72. The molecule has 0 saturated heterocycles. The van der Waals surface area contributed by atoms with E-state index < -0.39 is 0 Å². The van der Waals surface area contributed by atoms with Gasteiger partial charge in [-0.3, -0.25) is 4.79 Å². The monoisotopic (exact) mass is 309 g/mol. The summed E-state index contributed by atoms with van der Waals surface area (Å²) >= 11 is 5.88. The first kappa shape index (κ1) is 14.6. The topological polar surface area (TPSA) is 32.9 Å². The molecule has 22 heavy (non-hydrogen) atoms. The molecule has 2 nitrogen and oxygen atoms in total. The molecule has 0 saturated carbocycles. The molecule has 0 aliphatic carbocycles. The zero-order valence-corrected chi connectivity index (χ0v) is 12.8. The first-order valence-electron chi connectivity index (χ1n) is 7.21. The van der Waals surface area contributed by atoms with Gasteiger partial charge in [0, 0.05) is 34.8 Å². The summed E-state index contributed by atoms with van der Waals surface area (Å²) in [6, 6.07) is 21.1. The number of Topliss-reactive ketones (excluding diaryl/α,β-unsaturated/α-hetero) is 1. The Kier molecular flexibility index (Phi) is 4.40. The first-order chi connectivity index (χ1) is 10.7. The summed E-state index contributed by atoms with van der Waals surface area (Å²) in [5.41, 5.74) is 2.87. The lowest BCUT2D eigenvalue weighted by atomic mass is 9.89. The highest BCUT2D eigenvalue weighted by Crippen LogP contribution is 2.28. The van der Waals surface area contributed by atoms with Crippen LogP contribution in [0.1, 0.15) is 34.0 Å². The normalized spacial score (nSPS) is 12.0. The highest BCUT2D eigenvalue weighted by molar-refractivity contribution is 6.30. The second kappa shape index (κ2) is 6.63. The summed E-state index contributed by atoms with van der Waals surface area (Å²) in [5, 5.41) is 0.639. The number of halogens is 1. The maximum absolute atomic E-state index is 12.6. The maximum atomic E-state index is 12.6. The predicted octanol–water partition coefficient (Wildman–Crippen LogP) is 5.07. The minimum Gasteiger partial charge on any atom is -0.364 e. The Hall–Kier alpha value is -2.32. The number of H-pyrrole nitrogens is 1. The second-order valence-electron chi connectivity index (χ2n) is 5.22. The van der Waals surface area contributed by atoms with Gasteiger partial charge in [-0.2, -0.15) is 0 Å². The van der Waals surface area contributed by atoms with Gasteiger partial charge in [-0.15, -0.1) is 0 Å². The third kappa shape index (κ3) is 3.29. The van der Waals surface area contributed by atoms with E-state index in [1.54, 1.807) is 24.3 Å². The molecule has 0 radical (unpaired) electrons. The van der Waals surface area contributed by atoms with Gasteiger partial charge in [0.2, 0.25) is 0 Å². The van der Waals surface area contributed by atoms with Gasteiger partial charge in [-0.05, 0) is 42.0 Å². The van der Waals surface area contributed by atoms with Gasteiger partial charge >= 0.3 is 0 Å². The average molecular weight is 310 g/mol. The van der Waals surface area contributed by atoms with Gasteiger partial charge in [0.1, 0.15) is 0 Å². The highest BCUT2D eigenvalue weighted by Gasteiger charge is 2.19. The van der Waals surface area contributed by atoms with E-state index in [-0.39, 0.29) is 11.7 Å². The molecule has 1 heterocycles. The van der Waals surface area contributed by atoms with E-state index in [0.29, 0.717) is 17.0 Å². The summed E-state index contributed by atoms with van der Waals surface area (Å²) in [5.74, 6) is 0.138. The van der Waals surface area contributed by atoms with Crippen LogP contribution >= 0.6 is 11.6 Å². The van der Waals surface area contributed by atoms with E-state index in [2.05, 4.69) is 17.1 Å². The molecular formula is C19H16ClNO. The standard InChI is InChI=1S/C19H16ClNO/c20-16-10-8-15(9-11-16)19(22)13-17(18-7-4-12-21-18)14-5-2-1-3-6-14/h1-12,17,21H,13H2/t17-/m0/s1. The molecule has 0 aliphatic heterocycles. The third-order valence-corrected chi connectivity index (χ3v) is 4.01. The van der Waals surface area contributed by atoms with E-state index in [0.717, 1.165) is 11.3 Å². The molecule has 110 valence electrons. The number of rotatable bonds is 5. The molecular weight excluding hydrogens is 294 g/mol. The Labute approximate surface area is 134 Å². The largest absolute Gasteiger partial charge is 0.364 e. The lowest BCUT2D eigenvalue weighted by Gasteiger charge is -2.16. The summed E-state index contributed by atoms with van der Waals surface area (Å²) in [4.78, 5) is 15.8. The number of ketones is 1. The van der Waals surface area contributed by atoms with Crippen LogP contribution in [0.4, 0.5) is 0 Å². The number of carbonyl (C=O) groups is 1. The van der Waals surface area contributed by atoms with Crippen LogP contribution in [0.25, 0.3) is 0 Å². The number of aromatic amines is 1. The quantitative estimate of drug-likeness (QED) is 0.655. The molecule has 1 aromatic heterocycles. The van der Waals surface area contributed by atoms with Crippen molar-refractivity contribution in [3.8, 4) is 0 Å². The van der Waals surface area contributed by atoms with Crippen LogP contribution in [0, 0.1) is 0 Å². The van der Waals surface area contributed by atoms with Crippen molar-refractivity contribution in [3.63, 3.8) is 0 Å². The molecule has 0 fully saturated rings. The van der Waals surface area contributed by atoms with Crippen molar-refractivity contribution in [2.24, 2.45) is 0 Å². The molecule has 1 N–H and O–H groups in total. The van der Waals surface area contributed by atoms with Crippen LogP contribution in [0.15, 0.2) is 72.9 Å². The zero-order chi connectivity index (χ0) is 15.4. The van der Waals surface area contributed by atoms with Crippen LogP contribution < -0.4 is 0 Å². The summed E-state index contributed by atoms with van der Waals surface area (Å²) < 4.78 is 0. The lowest BCUT2D eigenvalue weighted by Crippen LogP contribution is -2.09. The molecule has 3 aromatic rings. The number of carbonyl (C=O) groups excluding carboxylic acids is 1. The first-order valence-corrected chi connectivity index (χ1v) is 7.59. The molecule has 3 rings (SSSR count). The van der Waals surface area contributed by atoms with Crippen molar-refractivity contribution in [2.45, 2.75) is 12.3 Å². The Balaban J connectivity index is 1.87. The van der Waals surface area contributed by atoms with Crippen molar-refractivity contribution in [1.82, 2.24) is 4.98 Å². The molecule has 0 aliphatic rings. The lowest BCUT2D eigenvalue weighted by molar-refractivity contribution is 0.0977. The van der Waals surface area contributed by atoms with Crippen molar-refractivity contribution < 1.29 is 4.79 Å². The van der Waals surface area contributed by atoms with Gasteiger partial charge in [0.15, 0.2) is 5.78 Å². The Morgan fingerprint density at radius 1 is 0.955 bits per heavy atom. The smallest absolute Gasteiger partial charge is 0.163 e. The van der Waals surface area contributed by atoms with Crippen LogP contribution in [-0.2, 0) is 0 Å². The number of aromatic nitrogens is 1. The number of nitrogens with one attached hydrogen (secondary N) is 1. The molecule has 0 bridgehead atoms. The summed E-state index contributed by atoms with van der Waals surface area (Å²) in [6.45, 7) is 0. The molecule has 0 unspecified atom stereocenters. The van der Waals surface area contributed by atoms with Crippen molar-refractivity contribution in [1.29, 1.82) is 0 Å². The molecule has 0 spiro atoms. The number of hydrogen-bond donors (Lipinski definition) is 1. The average Bonchev–Trinajstić information content (AvgIpc) is 3.08. The van der Waals surface area contributed by atoms with Gasteiger partial charge < -0.3 is 4.98 Å². The second-order valence-corrected chi connectivity index (χ2v) is 5.66. The SMILES string of the molecule is O=C(C[C@@H](c1ccccc1)c1ccc[nH]1)c1ccc(Cl)cc1. The van der Waals surface area contributed by atoms with Gasteiger partial charge in [-0.25, -0.2) is 0 Å². The number of hydrogen-bond acceptors (Lipinski definition) is 1. The highest BCUT2D eigenvalue weighted by atomic mass is 35.5. The molecule has 2 aromatic carbocycles. The van der Waals surface area contributed by atoms with Crippen LogP contribution in [-0.4, -0.2) is 10.8 Å². The van der Waals surface area contributed by atoms with Gasteiger partial charge in [-0.1, -0.05) is 41.9 Å². The van der Waals surface area contributed by atoms with E-state index in [4.69, 9.17) is 11.6 Å². The molecule has 1 atom stereocenters. The van der Waals surface area contributed by atoms with E-state index >= 15 is 0 Å². The third-order valence-electron chi connectivity index (χ3n) is 3.76. The fraction of sp³-hybridized carbons (Fsp3) is 0.105. The Morgan fingerprint density at radius 2 is 1.68 bits per heavy atom. The maximum Gasteiger partial charge on any atom is 0.163 e.